The molecule has 0 spiro atoms. The van der Waals surface area contributed by atoms with Crippen LogP contribution >= 0.6 is 0 Å². The number of aryl methyl sites for hydroxylation is 1. The van der Waals surface area contributed by atoms with Gasteiger partial charge in [0.2, 0.25) is 9.84 Å². The van der Waals surface area contributed by atoms with Crippen LogP contribution in [0.25, 0.3) is 0 Å². The number of rotatable bonds is 7. The molecule has 0 atom stereocenters. The third kappa shape index (κ3) is 4.72. The number of benzene rings is 3. The summed E-state index contributed by atoms with van der Waals surface area (Å²) in [6.07, 6.45) is 0. The highest BCUT2D eigenvalue weighted by molar-refractivity contribution is 7.91. The maximum Gasteiger partial charge on any atom is 0.270 e. The number of carbonyl (C=O) groups excluding carboxylic acids is 1. The lowest BCUT2D eigenvalue weighted by atomic mass is 9.98. The van der Waals surface area contributed by atoms with Crippen molar-refractivity contribution in [3.63, 3.8) is 0 Å². The first-order valence-electron chi connectivity index (χ1n) is 10.3. The summed E-state index contributed by atoms with van der Waals surface area (Å²) in [7, 11) is -2.72. The standard InChI is InChI=1S/C24H24N2O7S/c1-14(2)21-20(25-24(28)16-6-5-7-17(13-16)26(29)30)12-15(3)22(27)23(21)34(31,32)19-10-8-18(33-4)9-11-19/h5-14,27H,1-4H3,(H,25,28). The lowest BCUT2D eigenvalue weighted by Crippen LogP contribution is -2.17. The molecule has 0 heterocycles. The number of anilines is 1. The average molecular weight is 485 g/mol. The van der Waals surface area contributed by atoms with Gasteiger partial charge in [0.05, 0.1) is 16.9 Å². The molecular weight excluding hydrogens is 460 g/mol. The number of carbonyl (C=O) groups is 1. The third-order valence-corrected chi connectivity index (χ3v) is 7.11. The molecule has 0 fully saturated rings. The first-order valence-corrected chi connectivity index (χ1v) is 11.8. The van der Waals surface area contributed by atoms with Crippen LogP contribution in [0.1, 0.15) is 41.3 Å². The average Bonchev–Trinajstić information content (AvgIpc) is 2.80. The number of nitro benzene ring substituents is 1. The van der Waals surface area contributed by atoms with Crippen LogP contribution < -0.4 is 10.1 Å². The van der Waals surface area contributed by atoms with Gasteiger partial charge in [-0.05, 0) is 54.8 Å². The van der Waals surface area contributed by atoms with Crippen LogP contribution in [0.2, 0.25) is 0 Å². The molecule has 0 aromatic heterocycles. The van der Waals surface area contributed by atoms with Crippen molar-refractivity contribution < 1.29 is 28.0 Å². The van der Waals surface area contributed by atoms with Crippen LogP contribution in [0.3, 0.4) is 0 Å². The van der Waals surface area contributed by atoms with Crippen LogP contribution in [0.5, 0.6) is 11.5 Å². The predicted octanol–water partition coefficient (Wildman–Crippen LogP) is 4.83. The highest BCUT2D eigenvalue weighted by Gasteiger charge is 2.30. The molecule has 178 valence electrons. The second-order valence-electron chi connectivity index (χ2n) is 7.93. The number of phenols is 1. The number of aromatic hydroxyl groups is 1. The monoisotopic (exact) mass is 484 g/mol. The second kappa shape index (κ2) is 9.52. The minimum atomic E-state index is -4.18. The fourth-order valence-electron chi connectivity index (χ4n) is 3.57. The van der Waals surface area contributed by atoms with E-state index in [1.54, 1.807) is 13.8 Å². The number of ether oxygens (including phenoxy) is 1. The van der Waals surface area contributed by atoms with Gasteiger partial charge in [-0.25, -0.2) is 8.42 Å². The molecule has 0 bridgehead atoms. The SMILES string of the molecule is COc1ccc(S(=O)(=O)c2c(O)c(C)cc(NC(=O)c3cccc([N+](=O)[O-])c3)c2C(C)C)cc1. The van der Waals surface area contributed by atoms with Gasteiger partial charge in [-0.15, -0.1) is 0 Å². The van der Waals surface area contributed by atoms with E-state index in [9.17, 15) is 28.4 Å². The van der Waals surface area contributed by atoms with Crippen LogP contribution in [-0.2, 0) is 9.84 Å². The number of amides is 1. The van der Waals surface area contributed by atoms with Gasteiger partial charge in [-0.3, -0.25) is 14.9 Å². The van der Waals surface area contributed by atoms with Crippen LogP contribution in [0.15, 0.2) is 64.4 Å². The third-order valence-electron chi connectivity index (χ3n) is 5.27. The van der Waals surface area contributed by atoms with E-state index in [4.69, 9.17) is 4.74 Å². The Morgan fingerprint density at radius 3 is 2.32 bits per heavy atom. The minimum absolute atomic E-state index is 0.0363. The zero-order valence-corrected chi connectivity index (χ0v) is 19.8. The number of nitro groups is 1. The van der Waals surface area contributed by atoms with Gasteiger partial charge in [0.1, 0.15) is 16.4 Å². The Bertz CT molecular complexity index is 1360. The fourth-order valence-corrected chi connectivity index (χ4v) is 5.35. The molecule has 3 aromatic carbocycles. The fraction of sp³-hybridized carbons (Fsp3) is 0.208. The molecule has 1 amide bonds. The van der Waals surface area contributed by atoms with Gasteiger partial charge >= 0.3 is 0 Å². The van der Waals surface area contributed by atoms with Crippen molar-refractivity contribution in [1.29, 1.82) is 0 Å². The van der Waals surface area contributed by atoms with Gasteiger partial charge in [0, 0.05) is 28.9 Å². The Balaban J connectivity index is 2.16. The van der Waals surface area contributed by atoms with Gasteiger partial charge in [0.15, 0.2) is 0 Å². The number of sulfone groups is 1. The van der Waals surface area contributed by atoms with Crippen molar-refractivity contribution in [2.75, 3.05) is 12.4 Å². The predicted molar refractivity (Wildman–Crippen MR) is 126 cm³/mol. The second-order valence-corrected chi connectivity index (χ2v) is 9.81. The van der Waals surface area contributed by atoms with E-state index in [1.807, 2.05) is 0 Å². The minimum Gasteiger partial charge on any atom is -0.506 e. The molecule has 0 saturated carbocycles. The molecule has 0 unspecified atom stereocenters. The summed E-state index contributed by atoms with van der Waals surface area (Å²) >= 11 is 0. The van der Waals surface area contributed by atoms with Crippen molar-refractivity contribution in [2.45, 2.75) is 36.5 Å². The lowest BCUT2D eigenvalue weighted by molar-refractivity contribution is -0.384. The molecule has 0 aliphatic rings. The van der Waals surface area contributed by atoms with E-state index < -0.39 is 32.3 Å². The number of hydrogen-bond donors (Lipinski definition) is 2. The Morgan fingerprint density at radius 2 is 1.76 bits per heavy atom. The van der Waals surface area contributed by atoms with Crippen molar-refractivity contribution >= 4 is 27.1 Å². The Hall–Kier alpha value is -3.92. The van der Waals surface area contributed by atoms with Crippen LogP contribution in [0.4, 0.5) is 11.4 Å². The number of nitrogens with zero attached hydrogens (tertiary/aromatic N) is 1. The van der Waals surface area contributed by atoms with E-state index in [0.29, 0.717) is 5.75 Å². The molecular formula is C24H24N2O7S. The molecule has 0 aliphatic carbocycles. The molecule has 0 aliphatic heterocycles. The van der Waals surface area contributed by atoms with E-state index in [1.165, 1.54) is 62.6 Å². The van der Waals surface area contributed by atoms with Crippen molar-refractivity contribution in [3.8, 4) is 11.5 Å². The maximum absolute atomic E-state index is 13.6. The topological polar surface area (TPSA) is 136 Å². The first-order chi connectivity index (χ1) is 16.0. The molecule has 10 heteroatoms. The van der Waals surface area contributed by atoms with E-state index in [-0.39, 0.29) is 37.9 Å². The summed E-state index contributed by atoms with van der Waals surface area (Å²) in [5.41, 5.74) is 0.438. The molecule has 3 rings (SSSR count). The number of phenolic OH excluding ortho intramolecular Hbond substituents is 1. The summed E-state index contributed by atoms with van der Waals surface area (Å²) in [6.45, 7) is 5.00. The largest absolute Gasteiger partial charge is 0.506 e. The van der Waals surface area contributed by atoms with Crippen molar-refractivity contribution in [2.24, 2.45) is 0 Å². The summed E-state index contributed by atoms with van der Waals surface area (Å²) in [5, 5.41) is 24.5. The van der Waals surface area contributed by atoms with Crippen molar-refractivity contribution in [3.05, 3.63) is 81.4 Å². The van der Waals surface area contributed by atoms with Gasteiger partial charge in [-0.2, -0.15) is 0 Å². The van der Waals surface area contributed by atoms with Crippen LogP contribution in [-0.4, -0.2) is 31.5 Å². The summed E-state index contributed by atoms with van der Waals surface area (Å²) in [4.78, 5) is 23.0. The first kappa shape index (κ1) is 24.7. The summed E-state index contributed by atoms with van der Waals surface area (Å²) in [5.74, 6) is -0.993. The number of nitrogens with one attached hydrogen (secondary N) is 1. The van der Waals surface area contributed by atoms with Gasteiger partial charge in [-0.1, -0.05) is 19.9 Å². The molecule has 0 saturated heterocycles. The molecule has 2 N–H and O–H groups in total. The zero-order chi connectivity index (χ0) is 25.2. The quantitative estimate of drug-likeness (QED) is 0.279. The number of non-ortho nitro benzene ring substituents is 1. The van der Waals surface area contributed by atoms with Crippen LogP contribution in [0, 0.1) is 17.0 Å². The van der Waals surface area contributed by atoms with E-state index in [2.05, 4.69) is 5.32 Å². The smallest absolute Gasteiger partial charge is 0.270 e. The van der Waals surface area contributed by atoms with Crippen molar-refractivity contribution in [1.82, 2.24) is 0 Å². The number of hydrogen-bond acceptors (Lipinski definition) is 7. The summed E-state index contributed by atoms with van der Waals surface area (Å²) < 4.78 is 32.2. The molecule has 0 radical (unpaired) electrons. The van der Waals surface area contributed by atoms with Gasteiger partial charge in [0.25, 0.3) is 11.6 Å². The van der Waals surface area contributed by atoms with E-state index >= 15 is 0 Å². The van der Waals surface area contributed by atoms with E-state index in [0.717, 1.165) is 6.07 Å². The Morgan fingerprint density at radius 1 is 1.12 bits per heavy atom. The molecule has 3 aromatic rings. The lowest BCUT2D eigenvalue weighted by Gasteiger charge is -2.21. The number of methoxy groups -OCH3 is 1. The molecule has 34 heavy (non-hydrogen) atoms. The van der Waals surface area contributed by atoms with Gasteiger partial charge < -0.3 is 15.2 Å². The Labute approximate surface area is 197 Å². The summed E-state index contributed by atoms with van der Waals surface area (Å²) in [6, 6.07) is 12.4. The normalized spacial score (nSPS) is 11.3. The molecule has 9 nitrogen and oxygen atoms in total. The maximum atomic E-state index is 13.6. The Kier molecular flexibility index (Phi) is 6.92. The zero-order valence-electron chi connectivity index (χ0n) is 19.0. The highest BCUT2D eigenvalue weighted by Crippen LogP contribution is 2.42. The highest BCUT2D eigenvalue weighted by atomic mass is 32.2.